The molecule has 1 amide bonds. The second-order valence-corrected chi connectivity index (χ2v) is 5.65. The van der Waals surface area contributed by atoms with E-state index in [1.165, 1.54) is 18.3 Å². The minimum Gasteiger partial charge on any atom is -0.432 e. The predicted molar refractivity (Wildman–Crippen MR) is 85.2 cm³/mol. The molecule has 1 aliphatic rings. The number of nitrogens with zero attached hydrogens (tertiary/aromatic N) is 1. The maximum Gasteiger partial charge on any atom is 0.387 e. The number of hydrogen-bond donors (Lipinski definition) is 1. The highest BCUT2D eigenvalue weighted by Crippen LogP contribution is 2.31. The molecule has 1 N–H and O–H groups in total. The second-order valence-electron chi connectivity index (χ2n) is 5.65. The molecule has 7 heteroatoms. The fourth-order valence-electron chi connectivity index (χ4n) is 2.88. The van der Waals surface area contributed by atoms with Gasteiger partial charge in [0.15, 0.2) is 5.75 Å². The molecule has 0 spiro atoms. The fourth-order valence-corrected chi connectivity index (χ4v) is 2.88. The van der Waals surface area contributed by atoms with Crippen molar-refractivity contribution in [1.82, 2.24) is 4.98 Å². The zero-order valence-corrected chi connectivity index (χ0v) is 13.0. The van der Waals surface area contributed by atoms with Crippen molar-refractivity contribution in [3.8, 4) is 5.75 Å². The van der Waals surface area contributed by atoms with Gasteiger partial charge in [-0.05, 0) is 37.1 Å². The van der Waals surface area contributed by atoms with Crippen LogP contribution in [0.2, 0.25) is 0 Å². The first-order valence-electron chi connectivity index (χ1n) is 7.87. The molecule has 1 heterocycles. The van der Waals surface area contributed by atoms with Crippen LogP contribution in [0.3, 0.4) is 0 Å². The van der Waals surface area contributed by atoms with E-state index in [4.69, 9.17) is 4.74 Å². The summed E-state index contributed by atoms with van der Waals surface area (Å²) in [4.78, 5) is 16.1. The van der Waals surface area contributed by atoms with Crippen molar-refractivity contribution in [2.75, 3.05) is 11.9 Å². The lowest BCUT2D eigenvalue weighted by Crippen LogP contribution is -2.22. The molecule has 128 valence electrons. The summed E-state index contributed by atoms with van der Waals surface area (Å²) >= 11 is 0. The summed E-state index contributed by atoms with van der Waals surface area (Å²) in [6.07, 6.45) is 5.87. The zero-order chi connectivity index (χ0) is 16.9. The number of carbonyl (C=O) groups excluding carboxylic acids is 1. The summed E-state index contributed by atoms with van der Waals surface area (Å²) in [6.45, 7) is -2.96. The average Bonchev–Trinajstić information content (AvgIpc) is 3.08. The van der Waals surface area contributed by atoms with Crippen molar-refractivity contribution in [3.05, 3.63) is 30.5 Å². The van der Waals surface area contributed by atoms with Crippen LogP contribution in [0.25, 0.3) is 10.9 Å². The molecule has 0 unspecified atom stereocenters. The molecule has 0 radical (unpaired) electrons. The standard InChI is InChI=1S/C17H18F2N2O3/c18-17(19)24-14-8-7-13(12-6-3-9-20-16(12)14)21-15(22)10-23-11-4-1-2-5-11/h3,6-9,11,17H,1-2,4-5,10H2,(H,21,22). The highest BCUT2D eigenvalue weighted by Gasteiger charge is 2.17. The van der Waals surface area contributed by atoms with Crippen molar-refractivity contribution in [2.24, 2.45) is 0 Å². The van der Waals surface area contributed by atoms with E-state index in [9.17, 15) is 13.6 Å². The lowest BCUT2D eigenvalue weighted by molar-refractivity contribution is -0.122. The highest BCUT2D eigenvalue weighted by molar-refractivity contribution is 6.03. The Kier molecular flexibility index (Phi) is 5.20. The zero-order valence-electron chi connectivity index (χ0n) is 13.0. The molecule has 24 heavy (non-hydrogen) atoms. The molecule has 1 aromatic heterocycles. The second kappa shape index (κ2) is 7.53. The van der Waals surface area contributed by atoms with Crippen molar-refractivity contribution >= 4 is 22.5 Å². The van der Waals surface area contributed by atoms with Gasteiger partial charge in [-0.15, -0.1) is 0 Å². The van der Waals surface area contributed by atoms with Crippen LogP contribution >= 0.6 is 0 Å². The molecule has 1 saturated carbocycles. The van der Waals surface area contributed by atoms with Gasteiger partial charge in [0.25, 0.3) is 0 Å². The number of fused-ring (bicyclic) bond motifs is 1. The molecular weight excluding hydrogens is 318 g/mol. The highest BCUT2D eigenvalue weighted by atomic mass is 19.3. The number of carbonyl (C=O) groups is 1. The molecule has 1 aliphatic carbocycles. The van der Waals surface area contributed by atoms with Crippen molar-refractivity contribution in [2.45, 2.75) is 38.4 Å². The number of benzene rings is 1. The van der Waals surface area contributed by atoms with Gasteiger partial charge in [0, 0.05) is 11.6 Å². The van der Waals surface area contributed by atoms with E-state index in [1.807, 2.05) is 0 Å². The van der Waals surface area contributed by atoms with Gasteiger partial charge in [0.05, 0.1) is 11.8 Å². The van der Waals surface area contributed by atoms with Crippen molar-refractivity contribution in [1.29, 1.82) is 0 Å². The number of aromatic nitrogens is 1. The maximum absolute atomic E-state index is 12.5. The third kappa shape index (κ3) is 3.97. The molecule has 3 rings (SSSR count). The Hall–Kier alpha value is -2.28. The molecule has 0 atom stereocenters. The topological polar surface area (TPSA) is 60.5 Å². The third-order valence-electron chi connectivity index (χ3n) is 3.98. The molecule has 5 nitrogen and oxygen atoms in total. The number of hydrogen-bond acceptors (Lipinski definition) is 4. The maximum atomic E-state index is 12.5. The van der Waals surface area contributed by atoms with Crippen LogP contribution in [0, 0.1) is 0 Å². The number of nitrogens with one attached hydrogen (secondary N) is 1. The summed E-state index contributed by atoms with van der Waals surface area (Å²) in [5.74, 6) is -0.310. The van der Waals surface area contributed by atoms with E-state index in [2.05, 4.69) is 15.0 Å². The van der Waals surface area contributed by atoms with E-state index in [0.717, 1.165) is 25.7 Å². The Balaban J connectivity index is 1.73. The Morgan fingerprint density at radius 2 is 2.08 bits per heavy atom. The number of amides is 1. The van der Waals surface area contributed by atoms with Crippen LogP contribution in [0.5, 0.6) is 5.75 Å². The minimum absolute atomic E-state index is 0.0261. The lowest BCUT2D eigenvalue weighted by Gasteiger charge is -2.13. The largest absolute Gasteiger partial charge is 0.432 e. The van der Waals surface area contributed by atoms with Crippen LogP contribution in [0.1, 0.15) is 25.7 Å². The van der Waals surface area contributed by atoms with Crippen LogP contribution in [0.4, 0.5) is 14.5 Å². The van der Waals surface area contributed by atoms with Gasteiger partial charge in [0.1, 0.15) is 12.1 Å². The Morgan fingerprint density at radius 3 is 2.83 bits per heavy atom. The van der Waals surface area contributed by atoms with Gasteiger partial charge >= 0.3 is 6.61 Å². The SMILES string of the molecule is O=C(COC1CCCC1)Nc1ccc(OC(F)F)c2ncccc12. The van der Waals surface area contributed by atoms with Crippen molar-refractivity contribution < 1.29 is 23.0 Å². The molecule has 1 fully saturated rings. The molecule has 0 bridgehead atoms. The number of halogens is 2. The van der Waals surface area contributed by atoms with E-state index in [0.29, 0.717) is 11.1 Å². The summed E-state index contributed by atoms with van der Waals surface area (Å²) in [5.41, 5.74) is 0.757. The smallest absolute Gasteiger partial charge is 0.387 e. The van der Waals surface area contributed by atoms with Gasteiger partial charge in [0.2, 0.25) is 5.91 Å². The quantitative estimate of drug-likeness (QED) is 0.873. The summed E-state index contributed by atoms with van der Waals surface area (Å²) in [5, 5.41) is 3.27. The molecule has 2 aromatic rings. The first-order valence-corrected chi connectivity index (χ1v) is 7.87. The summed E-state index contributed by atoms with van der Waals surface area (Å²) in [6, 6.07) is 6.25. The monoisotopic (exact) mass is 336 g/mol. The van der Waals surface area contributed by atoms with Crippen molar-refractivity contribution in [3.63, 3.8) is 0 Å². The molecule has 1 aromatic carbocycles. The molecule has 0 saturated heterocycles. The van der Waals surface area contributed by atoms with Gasteiger partial charge in [-0.25, -0.2) is 0 Å². The average molecular weight is 336 g/mol. The van der Waals surface area contributed by atoms with Gasteiger partial charge in [-0.2, -0.15) is 8.78 Å². The first-order chi connectivity index (χ1) is 11.6. The third-order valence-corrected chi connectivity index (χ3v) is 3.98. The molecular formula is C17H18F2N2O3. The van der Waals surface area contributed by atoms with Crippen LogP contribution in [0.15, 0.2) is 30.5 Å². The van der Waals surface area contributed by atoms with E-state index in [-0.39, 0.29) is 29.9 Å². The lowest BCUT2D eigenvalue weighted by atomic mass is 10.1. The summed E-state index contributed by atoms with van der Waals surface area (Å²) in [7, 11) is 0. The minimum atomic E-state index is -2.93. The first kappa shape index (κ1) is 16.6. The Morgan fingerprint density at radius 1 is 1.29 bits per heavy atom. The number of rotatable bonds is 6. The van der Waals surface area contributed by atoms with Gasteiger partial charge in [-0.1, -0.05) is 12.8 Å². The van der Waals surface area contributed by atoms with E-state index >= 15 is 0 Å². The number of anilines is 1. The number of pyridine rings is 1. The van der Waals surface area contributed by atoms with Gasteiger partial charge in [-0.3, -0.25) is 9.78 Å². The van der Waals surface area contributed by atoms with E-state index in [1.54, 1.807) is 12.1 Å². The molecule has 0 aliphatic heterocycles. The fraction of sp³-hybridized carbons (Fsp3) is 0.412. The normalized spacial score (nSPS) is 15.1. The Bertz CT molecular complexity index is 718. The number of ether oxygens (including phenoxy) is 2. The van der Waals surface area contributed by atoms with Crippen LogP contribution in [-0.4, -0.2) is 30.2 Å². The Labute approximate surface area is 138 Å². The van der Waals surface area contributed by atoms with Crippen LogP contribution < -0.4 is 10.1 Å². The predicted octanol–water partition coefficient (Wildman–Crippen LogP) is 3.73. The van der Waals surface area contributed by atoms with Crippen LogP contribution in [-0.2, 0) is 9.53 Å². The number of alkyl halides is 2. The van der Waals surface area contributed by atoms with Gasteiger partial charge < -0.3 is 14.8 Å². The summed E-state index contributed by atoms with van der Waals surface area (Å²) < 4.78 is 35.0. The van der Waals surface area contributed by atoms with E-state index < -0.39 is 6.61 Å².